The maximum atomic E-state index is 6.14. The van der Waals surface area contributed by atoms with Gasteiger partial charge >= 0.3 is 0 Å². The van der Waals surface area contributed by atoms with E-state index in [0.29, 0.717) is 5.92 Å². The standard InChI is InChI=1S/C19H17NO/c20-16-7-4-8-18-19(16)15-12-14(9-10-17(15)21-18)11-13-5-2-1-3-6-13/h1-10,14H,11-12,20H2. The van der Waals surface area contributed by atoms with Crippen molar-refractivity contribution in [2.45, 2.75) is 12.8 Å². The highest BCUT2D eigenvalue weighted by Gasteiger charge is 2.21. The van der Waals surface area contributed by atoms with Crippen LogP contribution in [0.2, 0.25) is 0 Å². The molecule has 1 aromatic heterocycles. The smallest absolute Gasteiger partial charge is 0.137 e. The second-order valence-electron chi connectivity index (χ2n) is 5.68. The fourth-order valence-electron chi connectivity index (χ4n) is 3.21. The molecule has 1 atom stereocenters. The molecule has 21 heavy (non-hydrogen) atoms. The molecular weight excluding hydrogens is 258 g/mol. The average Bonchev–Trinajstić information content (AvgIpc) is 2.87. The number of anilines is 1. The monoisotopic (exact) mass is 275 g/mol. The molecule has 2 heteroatoms. The van der Waals surface area contributed by atoms with E-state index < -0.39 is 0 Å². The summed E-state index contributed by atoms with van der Waals surface area (Å²) in [4.78, 5) is 0. The van der Waals surface area contributed by atoms with Crippen molar-refractivity contribution in [1.82, 2.24) is 0 Å². The van der Waals surface area contributed by atoms with Crippen LogP contribution in [0.4, 0.5) is 5.69 Å². The van der Waals surface area contributed by atoms with Gasteiger partial charge in [0.2, 0.25) is 0 Å². The van der Waals surface area contributed by atoms with Gasteiger partial charge in [0.1, 0.15) is 11.3 Å². The van der Waals surface area contributed by atoms with Gasteiger partial charge in [-0.2, -0.15) is 0 Å². The number of fused-ring (bicyclic) bond motifs is 3. The Labute approximate surface area is 123 Å². The Balaban J connectivity index is 1.69. The lowest BCUT2D eigenvalue weighted by Gasteiger charge is -2.16. The molecule has 0 saturated carbocycles. The summed E-state index contributed by atoms with van der Waals surface area (Å²) in [5, 5.41) is 1.09. The van der Waals surface area contributed by atoms with E-state index in [1.54, 1.807) is 0 Å². The number of rotatable bonds is 2. The van der Waals surface area contributed by atoms with Crippen LogP contribution < -0.4 is 5.73 Å². The number of furan rings is 1. The van der Waals surface area contributed by atoms with Crippen LogP contribution in [0, 0.1) is 5.92 Å². The summed E-state index contributed by atoms with van der Waals surface area (Å²) in [7, 11) is 0. The third-order valence-electron chi connectivity index (χ3n) is 4.20. The lowest BCUT2D eigenvalue weighted by Crippen LogP contribution is -2.09. The first-order valence-corrected chi connectivity index (χ1v) is 7.33. The molecule has 0 aliphatic heterocycles. The van der Waals surface area contributed by atoms with Crippen LogP contribution in [0.1, 0.15) is 16.9 Å². The average molecular weight is 275 g/mol. The lowest BCUT2D eigenvalue weighted by atomic mass is 9.87. The van der Waals surface area contributed by atoms with Crippen molar-refractivity contribution in [3.05, 3.63) is 71.5 Å². The fraction of sp³-hybridized carbons (Fsp3) is 0.158. The molecule has 2 aromatic carbocycles. The van der Waals surface area contributed by atoms with E-state index in [2.05, 4.69) is 42.5 Å². The number of nitrogens with two attached hydrogens (primary N) is 1. The zero-order valence-corrected chi connectivity index (χ0v) is 11.8. The quantitative estimate of drug-likeness (QED) is 0.702. The van der Waals surface area contributed by atoms with Gasteiger partial charge in [-0.05, 0) is 42.5 Å². The van der Waals surface area contributed by atoms with Gasteiger partial charge in [0.25, 0.3) is 0 Å². The first-order valence-electron chi connectivity index (χ1n) is 7.33. The van der Waals surface area contributed by atoms with Crippen molar-refractivity contribution in [1.29, 1.82) is 0 Å². The normalized spacial score (nSPS) is 17.0. The number of nitrogen functional groups attached to an aromatic ring is 1. The molecule has 3 aromatic rings. The second kappa shape index (κ2) is 4.81. The van der Waals surface area contributed by atoms with Crippen LogP contribution in [-0.2, 0) is 12.8 Å². The van der Waals surface area contributed by atoms with E-state index in [-0.39, 0.29) is 0 Å². The van der Waals surface area contributed by atoms with Crippen molar-refractivity contribution >= 4 is 22.7 Å². The number of hydrogen-bond donors (Lipinski definition) is 1. The third kappa shape index (κ3) is 2.13. The Kier molecular flexibility index (Phi) is 2.81. The largest absolute Gasteiger partial charge is 0.456 e. The van der Waals surface area contributed by atoms with Crippen molar-refractivity contribution < 1.29 is 4.42 Å². The molecule has 1 aliphatic carbocycles. The van der Waals surface area contributed by atoms with Crippen LogP contribution in [0.3, 0.4) is 0 Å². The molecule has 0 fully saturated rings. The van der Waals surface area contributed by atoms with E-state index in [9.17, 15) is 0 Å². The highest BCUT2D eigenvalue weighted by atomic mass is 16.3. The van der Waals surface area contributed by atoms with Gasteiger partial charge in [0.05, 0.1) is 0 Å². The fourth-order valence-corrected chi connectivity index (χ4v) is 3.21. The predicted molar refractivity (Wildman–Crippen MR) is 87.0 cm³/mol. The highest BCUT2D eigenvalue weighted by Crippen LogP contribution is 2.36. The summed E-state index contributed by atoms with van der Waals surface area (Å²) in [6.45, 7) is 0. The number of allylic oxidation sites excluding steroid dienone is 1. The van der Waals surface area contributed by atoms with Gasteiger partial charge in [-0.25, -0.2) is 0 Å². The predicted octanol–water partition coefficient (Wildman–Crippen LogP) is 4.44. The summed E-state index contributed by atoms with van der Waals surface area (Å²) >= 11 is 0. The van der Waals surface area contributed by atoms with Gasteiger partial charge in [0, 0.05) is 16.6 Å². The Morgan fingerprint density at radius 3 is 2.76 bits per heavy atom. The molecule has 2 N–H and O–H groups in total. The minimum atomic E-state index is 0.500. The Hall–Kier alpha value is -2.48. The molecule has 0 amide bonds. The molecular formula is C19H17NO. The molecule has 1 aliphatic rings. The summed E-state index contributed by atoms with van der Waals surface area (Å²) in [5.41, 5.74) is 10.5. The second-order valence-corrected chi connectivity index (χ2v) is 5.68. The van der Waals surface area contributed by atoms with E-state index in [1.807, 2.05) is 18.2 Å². The van der Waals surface area contributed by atoms with Gasteiger partial charge in [-0.15, -0.1) is 0 Å². The summed E-state index contributed by atoms with van der Waals surface area (Å²) in [5.74, 6) is 1.47. The minimum absolute atomic E-state index is 0.500. The Bertz CT molecular complexity index is 814. The van der Waals surface area contributed by atoms with E-state index in [1.165, 1.54) is 11.1 Å². The van der Waals surface area contributed by atoms with E-state index >= 15 is 0 Å². The Morgan fingerprint density at radius 2 is 1.90 bits per heavy atom. The van der Waals surface area contributed by atoms with E-state index in [0.717, 1.165) is 35.3 Å². The van der Waals surface area contributed by atoms with Crippen molar-refractivity contribution in [3.63, 3.8) is 0 Å². The van der Waals surface area contributed by atoms with Crippen molar-refractivity contribution in [2.75, 3.05) is 5.73 Å². The maximum Gasteiger partial charge on any atom is 0.137 e. The molecule has 1 unspecified atom stereocenters. The molecule has 1 heterocycles. The van der Waals surface area contributed by atoms with E-state index in [4.69, 9.17) is 10.2 Å². The van der Waals surface area contributed by atoms with Crippen molar-refractivity contribution in [3.8, 4) is 0 Å². The zero-order valence-electron chi connectivity index (χ0n) is 11.8. The third-order valence-corrected chi connectivity index (χ3v) is 4.20. The maximum absolute atomic E-state index is 6.14. The highest BCUT2D eigenvalue weighted by molar-refractivity contribution is 5.95. The molecule has 2 nitrogen and oxygen atoms in total. The van der Waals surface area contributed by atoms with Crippen LogP contribution in [0.5, 0.6) is 0 Å². The molecule has 0 radical (unpaired) electrons. The first kappa shape index (κ1) is 12.3. The van der Waals surface area contributed by atoms with Gasteiger partial charge in [-0.1, -0.05) is 42.5 Å². The molecule has 0 bridgehead atoms. The first-order chi connectivity index (χ1) is 10.3. The summed E-state index contributed by atoms with van der Waals surface area (Å²) in [6.07, 6.45) is 6.40. The molecule has 104 valence electrons. The lowest BCUT2D eigenvalue weighted by molar-refractivity contribution is 0.572. The molecule has 0 spiro atoms. The number of benzene rings is 2. The van der Waals surface area contributed by atoms with Gasteiger partial charge in [-0.3, -0.25) is 0 Å². The summed E-state index contributed by atoms with van der Waals surface area (Å²) in [6, 6.07) is 16.5. The van der Waals surface area contributed by atoms with Crippen LogP contribution >= 0.6 is 0 Å². The molecule has 0 saturated heterocycles. The summed E-state index contributed by atoms with van der Waals surface area (Å²) < 4.78 is 5.90. The van der Waals surface area contributed by atoms with Crippen LogP contribution in [0.15, 0.2) is 59.0 Å². The Morgan fingerprint density at radius 1 is 1.05 bits per heavy atom. The topological polar surface area (TPSA) is 39.2 Å². The van der Waals surface area contributed by atoms with Crippen LogP contribution in [0.25, 0.3) is 17.0 Å². The molecule has 4 rings (SSSR count). The SMILES string of the molecule is Nc1cccc2oc3c(c12)CC(Cc1ccccc1)C=C3. The van der Waals surface area contributed by atoms with Crippen LogP contribution in [-0.4, -0.2) is 0 Å². The number of hydrogen-bond acceptors (Lipinski definition) is 2. The zero-order chi connectivity index (χ0) is 14.2. The van der Waals surface area contributed by atoms with Gasteiger partial charge in [0.15, 0.2) is 0 Å². The van der Waals surface area contributed by atoms with Crippen molar-refractivity contribution in [2.24, 2.45) is 5.92 Å². The van der Waals surface area contributed by atoms with Gasteiger partial charge < -0.3 is 10.2 Å². The minimum Gasteiger partial charge on any atom is -0.456 e.